The zero-order valence-corrected chi connectivity index (χ0v) is 16.3. The molecule has 7 nitrogen and oxygen atoms in total. The molecule has 0 spiro atoms. The van der Waals surface area contributed by atoms with E-state index in [1.54, 1.807) is 20.8 Å². The molecule has 1 saturated heterocycles. The number of carbonyl (C=O) groups is 3. The predicted molar refractivity (Wildman–Crippen MR) is 91.5 cm³/mol. The summed E-state index contributed by atoms with van der Waals surface area (Å²) >= 11 is 0. The summed E-state index contributed by atoms with van der Waals surface area (Å²) in [7, 11) is 1.25. The summed E-state index contributed by atoms with van der Waals surface area (Å²) in [4.78, 5) is 38.6. The highest BCUT2D eigenvalue weighted by atomic mass is 16.6. The second kappa shape index (κ2) is 7.72. The number of rotatable bonds is 4. The van der Waals surface area contributed by atoms with E-state index in [4.69, 9.17) is 9.47 Å². The molecule has 0 aromatic rings. The van der Waals surface area contributed by atoms with Gasteiger partial charge in [-0.25, -0.2) is 4.79 Å². The fourth-order valence-corrected chi connectivity index (χ4v) is 2.93. The van der Waals surface area contributed by atoms with Crippen LogP contribution in [0.4, 0.5) is 0 Å². The van der Waals surface area contributed by atoms with Crippen molar-refractivity contribution in [2.24, 2.45) is 11.3 Å². The highest BCUT2D eigenvalue weighted by Crippen LogP contribution is 2.34. The van der Waals surface area contributed by atoms with Gasteiger partial charge in [-0.1, -0.05) is 20.8 Å². The van der Waals surface area contributed by atoms with E-state index < -0.39 is 41.0 Å². The molecule has 0 aromatic heterocycles. The Morgan fingerprint density at radius 2 is 1.72 bits per heavy atom. The van der Waals surface area contributed by atoms with E-state index in [2.05, 4.69) is 0 Å². The van der Waals surface area contributed by atoms with Crippen LogP contribution in [0, 0.1) is 11.3 Å². The first-order chi connectivity index (χ1) is 11.3. The molecule has 0 saturated carbocycles. The standard InChI is InChI=1S/C18H31NO6/c1-17(2,3)12(9-14(21)25-18(4,5)6)15(22)19-10-11(20)8-13(19)16(23)24-7/h11-13,20H,8-10H2,1-7H3/t11-,12?,13-/m0/s1. The molecule has 1 aliphatic heterocycles. The van der Waals surface area contributed by atoms with Gasteiger partial charge >= 0.3 is 11.9 Å². The Bertz CT molecular complexity index is 517. The normalized spacial score (nSPS) is 22.5. The molecule has 1 rings (SSSR count). The Morgan fingerprint density at radius 1 is 1.16 bits per heavy atom. The summed E-state index contributed by atoms with van der Waals surface area (Å²) in [6.07, 6.45) is -0.725. The van der Waals surface area contributed by atoms with Gasteiger partial charge in [0.15, 0.2) is 0 Å². The molecule has 1 amide bonds. The monoisotopic (exact) mass is 357 g/mol. The molecule has 0 aliphatic carbocycles. The molecular weight excluding hydrogens is 326 g/mol. The molecule has 1 unspecified atom stereocenters. The van der Waals surface area contributed by atoms with Gasteiger partial charge in [-0.05, 0) is 26.2 Å². The average Bonchev–Trinajstić information content (AvgIpc) is 2.82. The van der Waals surface area contributed by atoms with E-state index >= 15 is 0 Å². The Labute approximate surface area is 149 Å². The average molecular weight is 357 g/mol. The van der Waals surface area contributed by atoms with E-state index in [1.165, 1.54) is 12.0 Å². The first kappa shape index (κ1) is 21.4. The van der Waals surface area contributed by atoms with Crippen molar-refractivity contribution in [2.45, 2.75) is 72.1 Å². The maximum Gasteiger partial charge on any atom is 0.328 e. The summed E-state index contributed by atoms with van der Waals surface area (Å²) in [6.45, 7) is 10.9. The van der Waals surface area contributed by atoms with Gasteiger partial charge in [-0.2, -0.15) is 0 Å². The van der Waals surface area contributed by atoms with Gasteiger partial charge in [0.1, 0.15) is 11.6 Å². The van der Waals surface area contributed by atoms with Crippen LogP contribution in [0.1, 0.15) is 54.4 Å². The molecule has 7 heteroatoms. The lowest BCUT2D eigenvalue weighted by atomic mass is 9.77. The van der Waals surface area contributed by atoms with Gasteiger partial charge in [0, 0.05) is 13.0 Å². The molecule has 3 atom stereocenters. The molecule has 1 fully saturated rings. The number of carbonyl (C=O) groups excluding carboxylic acids is 3. The highest BCUT2D eigenvalue weighted by molar-refractivity contribution is 5.89. The number of ether oxygens (including phenoxy) is 2. The van der Waals surface area contributed by atoms with Crippen LogP contribution in [0.2, 0.25) is 0 Å². The second-order valence-corrected chi connectivity index (χ2v) is 8.63. The first-order valence-electron chi connectivity index (χ1n) is 8.54. The second-order valence-electron chi connectivity index (χ2n) is 8.63. The highest BCUT2D eigenvalue weighted by Gasteiger charge is 2.45. The summed E-state index contributed by atoms with van der Waals surface area (Å²) in [5.41, 5.74) is -1.15. The number of nitrogens with zero attached hydrogens (tertiary/aromatic N) is 1. The van der Waals surface area contributed by atoms with Crippen LogP contribution in [0.5, 0.6) is 0 Å². The van der Waals surface area contributed by atoms with E-state index in [-0.39, 0.29) is 25.3 Å². The number of aliphatic hydroxyl groups excluding tert-OH is 1. The smallest absolute Gasteiger partial charge is 0.328 e. The lowest BCUT2D eigenvalue weighted by Gasteiger charge is -2.34. The minimum atomic E-state index is -0.823. The predicted octanol–water partition coefficient (Wildman–Crippen LogP) is 1.52. The minimum Gasteiger partial charge on any atom is -0.467 e. The zero-order chi connectivity index (χ0) is 19.6. The van der Waals surface area contributed by atoms with Gasteiger partial charge in [-0.15, -0.1) is 0 Å². The number of aliphatic hydroxyl groups is 1. The van der Waals surface area contributed by atoms with Crippen molar-refractivity contribution >= 4 is 17.8 Å². The fraction of sp³-hybridized carbons (Fsp3) is 0.833. The van der Waals surface area contributed by atoms with Crippen molar-refractivity contribution in [1.29, 1.82) is 0 Å². The molecule has 144 valence electrons. The number of hydrogen-bond acceptors (Lipinski definition) is 6. The van der Waals surface area contributed by atoms with Crippen LogP contribution in [-0.2, 0) is 23.9 Å². The van der Waals surface area contributed by atoms with Gasteiger partial charge in [0.25, 0.3) is 0 Å². The molecular formula is C18H31NO6. The van der Waals surface area contributed by atoms with Crippen molar-refractivity contribution in [2.75, 3.05) is 13.7 Å². The van der Waals surface area contributed by atoms with Crippen LogP contribution < -0.4 is 0 Å². The largest absolute Gasteiger partial charge is 0.467 e. The molecule has 0 bridgehead atoms. The third-order valence-corrected chi connectivity index (χ3v) is 4.17. The maximum atomic E-state index is 13.1. The lowest BCUT2D eigenvalue weighted by Crippen LogP contribution is -2.48. The molecule has 1 aliphatic rings. The Hall–Kier alpha value is -1.63. The fourth-order valence-electron chi connectivity index (χ4n) is 2.93. The van der Waals surface area contributed by atoms with Gasteiger partial charge < -0.3 is 19.5 Å². The van der Waals surface area contributed by atoms with Crippen LogP contribution in [0.25, 0.3) is 0 Å². The number of amides is 1. The van der Waals surface area contributed by atoms with Crippen molar-refractivity contribution < 1.29 is 29.0 Å². The maximum absolute atomic E-state index is 13.1. The van der Waals surface area contributed by atoms with Crippen LogP contribution in [0.15, 0.2) is 0 Å². The molecule has 1 heterocycles. The summed E-state index contributed by atoms with van der Waals surface area (Å²) in [5.74, 6) is -2.03. The van der Waals surface area contributed by atoms with Gasteiger partial charge in [0.2, 0.25) is 5.91 Å². The zero-order valence-electron chi connectivity index (χ0n) is 16.3. The molecule has 25 heavy (non-hydrogen) atoms. The van der Waals surface area contributed by atoms with Crippen LogP contribution in [-0.4, -0.2) is 59.3 Å². The Morgan fingerprint density at radius 3 is 2.16 bits per heavy atom. The number of β-amino-alcohol motifs (C(OH)–C–C–N with tert-alkyl or cyclic N) is 1. The SMILES string of the molecule is COC(=O)[C@@H]1C[C@H](O)CN1C(=O)C(CC(=O)OC(C)(C)C)C(C)(C)C. The Balaban J connectivity index is 3.01. The van der Waals surface area contributed by atoms with Crippen molar-refractivity contribution in [3.8, 4) is 0 Å². The van der Waals surface area contributed by atoms with E-state index in [0.717, 1.165) is 0 Å². The summed E-state index contributed by atoms with van der Waals surface area (Å²) in [6, 6.07) is -0.823. The van der Waals surface area contributed by atoms with Crippen molar-refractivity contribution in [1.82, 2.24) is 4.90 Å². The van der Waals surface area contributed by atoms with Crippen LogP contribution >= 0.6 is 0 Å². The van der Waals surface area contributed by atoms with Gasteiger partial charge in [0.05, 0.1) is 25.6 Å². The Kier molecular flexibility index (Phi) is 6.61. The first-order valence-corrected chi connectivity index (χ1v) is 8.54. The third-order valence-electron chi connectivity index (χ3n) is 4.17. The molecule has 1 N–H and O–H groups in total. The number of hydrogen-bond donors (Lipinski definition) is 1. The minimum absolute atomic E-state index is 0.0551. The van der Waals surface area contributed by atoms with E-state index in [1.807, 2.05) is 20.8 Å². The van der Waals surface area contributed by atoms with Crippen molar-refractivity contribution in [3.63, 3.8) is 0 Å². The van der Waals surface area contributed by atoms with E-state index in [0.29, 0.717) is 0 Å². The van der Waals surface area contributed by atoms with Crippen molar-refractivity contribution in [3.05, 3.63) is 0 Å². The van der Waals surface area contributed by atoms with Gasteiger partial charge in [-0.3, -0.25) is 9.59 Å². The number of esters is 2. The van der Waals surface area contributed by atoms with E-state index in [9.17, 15) is 19.5 Å². The number of methoxy groups -OCH3 is 1. The number of likely N-dealkylation sites (tertiary alicyclic amines) is 1. The summed E-state index contributed by atoms with van der Waals surface area (Å²) < 4.78 is 10.1. The molecule has 0 aromatic carbocycles. The lowest BCUT2D eigenvalue weighted by molar-refractivity contribution is -0.162. The third kappa shape index (κ3) is 5.99. The van der Waals surface area contributed by atoms with Crippen LogP contribution in [0.3, 0.4) is 0 Å². The summed E-state index contributed by atoms with van der Waals surface area (Å²) in [5, 5.41) is 9.89. The molecule has 0 radical (unpaired) electrons. The topological polar surface area (TPSA) is 93.1 Å². The quantitative estimate of drug-likeness (QED) is 0.767.